The summed E-state index contributed by atoms with van der Waals surface area (Å²) in [6, 6.07) is 2.25. The summed E-state index contributed by atoms with van der Waals surface area (Å²) in [6.45, 7) is 0.209. The minimum atomic E-state index is -1.08. The van der Waals surface area contributed by atoms with Gasteiger partial charge in [0.15, 0.2) is 0 Å². The molecule has 1 aromatic rings. The molecular weight excluding hydrogens is 308 g/mol. The third kappa shape index (κ3) is 2.93. The number of carboxylic acid groups (broad SMARTS) is 1. The Morgan fingerprint density at radius 1 is 1.30 bits per heavy atom. The molecule has 1 aromatic carbocycles. The Balaban J connectivity index is 1.74. The van der Waals surface area contributed by atoms with Crippen LogP contribution in [0, 0.1) is 17.6 Å². The first-order valence-corrected chi connectivity index (χ1v) is 7.43. The molecule has 2 aliphatic rings. The summed E-state index contributed by atoms with van der Waals surface area (Å²) in [5.74, 6) is -3.39. The monoisotopic (exact) mass is 325 g/mol. The van der Waals surface area contributed by atoms with Gasteiger partial charge in [0, 0.05) is 26.0 Å². The first-order chi connectivity index (χ1) is 10.9. The highest BCUT2D eigenvalue weighted by Crippen LogP contribution is 2.50. The molecule has 1 N–H and O–H groups in total. The van der Waals surface area contributed by atoms with Gasteiger partial charge in [0.05, 0.1) is 6.10 Å². The Bertz CT molecular complexity index is 651. The van der Waals surface area contributed by atoms with Crippen molar-refractivity contribution in [3.8, 4) is 0 Å². The van der Waals surface area contributed by atoms with Gasteiger partial charge in [0.25, 0.3) is 0 Å². The van der Waals surface area contributed by atoms with E-state index in [-0.39, 0.29) is 30.5 Å². The summed E-state index contributed by atoms with van der Waals surface area (Å²) in [5.41, 5.74) is 0.178. The lowest BCUT2D eigenvalue weighted by molar-refractivity contribution is -0.148. The number of hydrogen-bond donors (Lipinski definition) is 1. The zero-order valence-corrected chi connectivity index (χ0v) is 12.5. The maximum absolute atomic E-state index is 13.8. The molecule has 3 rings (SSSR count). The molecule has 0 bridgehead atoms. The van der Waals surface area contributed by atoms with Crippen LogP contribution in [0.5, 0.6) is 0 Å². The molecule has 1 saturated heterocycles. The molecule has 2 fully saturated rings. The van der Waals surface area contributed by atoms with Crippen LogP contribution in [0.15, 0.2) is 18.2 Å². The van der Waals surface area contributed by atoms with Crippen LogP contribution in [0.1, 0.15) is 24.3 Å². The lowest BCUT2D eigenvalue weighted by Crippen LogP contribution is -2.41. The highest BCUT2D eigenvalue weighted by atomic mass is 19.1. The van der Waals surface area contributed by atoms with Crippen molar-refractivity contribution in [1.82, 2.24) is 4.90 Å². The summed E-state index contributed by atoms with van der Waals surface area (Å²) in [5, 5.41) is 9.25. The zero-order valence-electron chi connectivity index (χ0n) is 12.5. The van der Waals surface area contributed by atoms with Crippen LogP contribution in [0.3, 0.4) is 0 Å². The number of carbonyl (C=O) groups excluding carboxylic acids is 1. The van der Waals surface area contributed by atoms with Crippen molar-refractivity contribution in [2.45, 2.75) is 30.9 Å². The van der Waals surface area contributed by atoms with Gasteiger partial charge in [-0.2, -0.15) is 0 Å². The second-order valence-electron chi connectivity index (χ2n) is 6.05. The van der Waals surface area contributed by atoms with E-state index in [4.69, 9.17) is 4.74 Å². The van der Waals surface area contributed by atoms with Crippen LogP contribution < -0.4 is 0 Å². The molecule has 4 unspecified atom stereocenters. The summed E-state index contributed by atoms with van der Waals surface area (Å²) in [7, 11) is 1.47. The predicted octanol–water partition coefficient (Wildman–Crippen LogP) is 1.77. The van der Waals surface area contributed by atoms with Crippen molar-refractivity contribution < 1.29 is 28.2 Å². The van der Waals surface area contributed by atoms with E-state index >= 15 is 0 Å². The first kappa shape index (κ1) is 15.9. The number of methoxy groups -OCH3 is 1. The number of aliphatic carboxylic acids is 1. The fourth-order valence-corrected chi connectivity index (χ4v) is 3.27. The van der Waals surface area contributed by atoms with Gasteiger partial charge < -0.3 is 14.7 Å². The van der Waals surface area contributed by atoms with E-state index in [0.717, 1.165) is 18.2 Å². The molecule has 124 valence electrons. The Labute approximate surface area is 131 Å². The number of likely N-dealkylation sites (tertiary alicyclic amines) is 1. The molecule has 1 heterocycles. The number of benzene rings is 1. The molecule has 4 atom stereocenters. The number of carbonyl (C=O) groups is 2. The summed E-state index contributed by atoms with van der Waals surface area (Å²) in [4.78, 5) is 25.2. The third-order valence-electron chi connectivity index (χ3n) is 4.63. The van der Waals surface area contributed by atoms with Gasteiger partial charge in [-0.1, -0.05) is 0 Å². The molecule has 23 heavy (non-hydrogen) atoms. The van der Waals surface area contributed by atoms with Crippen molar-refractivity contribution in [1.29, 1.82) is 0 Å². The Morgan fingerprint density at radius 3 is 2.70 bits per heavy atom. The molecule has 1 amide bonds. The lowest BCUT2D eigenvalue weighted by Gasteiger charge is -2.21. The van der Waals surface area contributed by atoms with Crippen LogP contribution in [-0.2, 0) is 14.3 Å². The number of nitrogens with zero attached hydrogens (tertiary/aromatic N) is 1. The molecule has 1 saturated carbocycles. The molecule has 1 aliphatic carbocycles. The van der Waals surface area contributed by atoms with Crippen LogP contribution in [-0.4, -0.2) is 47.7 Å². The van der Waals surface area contributed by atoms with Crippen molar-refractivity contribution in [2.75, 3.05) is 13.7 Å². The number of carboxylic acids is 1. The average Bonchev–Trinajstić information content (AvgIpc) is 3.18. The van der Waals surface area contributed by atoms with Gasteiger partial charge in [0.2, 0.25) is 5.91 Å². The average molecular weight is 325 g/mol. The largest absolute Gasteiger partial charge is 0.480 e. The molecular formula is C16H17F2NO4. The highest BCUT2D eigenvalue weighted by molar-refractivity contribution is 5.88. The van der Waals surface area contributed by atoms with Gasteiger partial charge in [-0.25, -0.2) is 13.6 Å². The van der Waals surface area contributed by atoms with E-state index < -0.39 is 35.5 Å². The third-order valence-corrected chi connectivity index (χ3v) is 4.63. The molecule has 0 aromatic heterocycles. The smallest absolute Gasteiger partial charge is 0.326 e. The van der Waals surface area contributed by atoms with E-state index in [9.17, 15) is 23.5 Å². The van der Waals surface area contributed by atoms with Crippen molar-refractivity contribution in [3.05, 3.63) is 35.4 Å². The second-order valence-corrected chi connectivity index (χ2v) is 6.05. The summed E-state index contributed by atoms with van der Waals surface area (Å²) < 4.78 is 32.2. The topological polar surface area (TPSA) is 66.8 Å². The van der Waals surface area contributed by atoms with Crippen LogP contribution in [0.4, 0.5) is 8.78 Å². The van der Waals surface area contributed by atoms with Gasteiger partial charge >= 0.3 is 5.97 Å². The van der Waals surface area contributed by atoms with Crippen molar-refractivity contribution in [3.63, 3.8) is 0 Å². The normalized spacial score (nSPS) is 29.6. The zero-order chi connectivity index (χ0) is 16.7. The second kappa shape index (κ2) is 5.88. The molecule has 7 heteroatoms. The minimum Gasteiger partial charge on any atom is -0.480 e. The Kier molecular flexibility index (Phi) is 4.06. The van der Waals surface area contributed by atoms with Gasteiger partial charge in [-0.15, -0.1) is 0 Å². The van der Waals surface area contributed by atoms with E-state index in [1.807, 2.05) is 0 Å². The molecule has 0 radical (unpaired) electrons. The van der Waals surface area contributed by atoms with Crippen molar-refractivity contribution in [2.24, 2.45) is 5.92 Å². The summed E-state index contributed by atoms with van der Waals surface area (Å²) in [6.07, 6.45) is 0.325. The van der Waals surface area contributed by atoms with E-state index in [1.54, 1.807) is 0 Å². The number of rotatable bonds is 4. The van der Waals surface area contributed by atoms with E-state index in [0.29, 0.717) is 6.42 Å². The maximum atomic E-state index is 13.8. The lowest BCUT2D eigenvalue weighted by atomic mass is 10.1. The first-order valence-electron chi connectivity index (χ1n) is 7.43. The van der Waals surface area contributed by atoms with Crippen molar-refractivity contribution >= 4 is 11.9 Å². The predicted molar refractivity (Wildman–Crippen MR) is 75.8 cm³/mol. The number of amides is 1. The van der Waals surface area contributed by atoms with E-state index in [1.165, 1.54) is 12.0 Å². The quantitative estimate of drug-likeness (QED) is 0.916. The molecule has 1 aliphatic heterocycles. The van der Waals surface area contributed by atoms with Crippen LogP contribution in [0.2, 0.25) is 0 Å². The van der Waals surface area contributed by atoms with E-state index in [2.05, 4.69) is 0 Å². The number of hydrogen-bond acceptors (Lipinski definition) is 3. The molecule has 0 spiro atoms. The standard InChI is InChI=1S/C16H17F2NO4/c1-23-9-5-14(16(21)22)19(7-9)15(20)12-6-10(12)11-4-8(17)2-3-13(11)18/h2-4,9-10,12,14H,5-7H2,1H3,(H,21,22). The SMILES string of the molecule is COC1CC(C(=O)O)N(C(=O)C2CC2c2cc(F)ccc2F)C1. The Hall–Kier alpha value is -2.02. The van der Waals surface area contributed by atoms with Gasteiger partial charge in [-0.3, -0.25) is 4.79 Å². The highest BCUT2D eigenvalue weighted by Gasteiger charge is 2.51. The minimum absolute atomic E-state index is 0.178. The summed E-state index contributed by atoms with van der Waals surface area (Å²) >= 11 is 0. The van der Waals surface area contributed by atoms with Gasteiger partial charge in [0.1, 0.15) is 17.7 Å². The maximum Gasteiger partial charge on any atom is 0.326 e. The van der Waals surface area contributed by atoms with Gasteiger partial charge in [-0.05, 0) is 36.1 Å². The van der Waals surface area contributed by atoms with Crippen LogP contribution in [0.25, 0.3) is 0 Å². The number of ether oxygens (including phenoxy) is 1. The van der Waals surface area contributed by atoms with Crippen LogP contribution >= 0.6 is 0 Å². The molecule has 5 nitrogen and oxygen atoms in total. The fraction of sp³-hybridized carbons (Fsp3) is 0.500. The Morgan fingerprint density at radius 2 is 2.04 bits per heavy atom. The number of halogens is 2. The fourth-order valence-electron chi connectivity index (χ4n) is 3.27.